The minimum atomic E-state index is -0.235. The summed E-state index contributed by atoms with van der Waals surface area (Å²) < 4.78 is 7.14. The predicted octanol–water partition coefficient (Wildman–Crippen LogP) is 0.465. The average molecular weight is 312 g/mol. The van der Waals surface area contributed by atoms with Gasteiger partial charge in [0.05, 0.1) is 18.4 Å². The molecule has 0 saturated carbocycles. The number of nitrogens with one attached hydrogen (secondary N) is 1. The highest BCUT2D eigenvalue weighted by molar-refractivity contribution is 7.99. The molecule has 21 heavy (non-hydrogen) atoms. The number of ether oxygens (including phenoxy) is 1. The molecule has 3 rings (SSSR count). The lowest BCUT2D eigenvalue weighted by Crippen LogP contribution is -2.29. The van der Waals surface area contributed by atoms with E-state index in [-0.39, 0.29) is 17.7 Å². The first kappa shape index (κ1) is 14.6. The van der Waals surface area contributed by atoms with Gasteiger partial charge in [-0.25, -0.2) is 9.89 Å². The molecule has 116 valence electrons. The summed E-state index contributed by atoms with van der Waals surface area (Å²) in [5.41, 5.74) is -0.235. The second kappa shape index (κ2) is 6.65. The van der Waals surface area contributed by atoms with Crippen molar-refractivity contribution < 1.29 is 9.53 Å². The molecular weight excluding hydrogens is 292 g/mol. The molecule has 2 aliphatic heterocycles. The van der Waals surface area contributed by atoms with Gasteiger partial charge in [-0.2, -0.15) is 0 Å². The quantitative estimate of drug-likeness (QED) is 0.799. The maximum Gasteiger partial charge on any atom is 0.344 e. The molecule has 1 aromatic rings. The summed E-state index contributed by atoms with van der Waals surface area (Å²) in [5, 5.41) is 7.05. The lowest BCUT2D eigenvalue weighted by molar-refractivity contribution is -0.127. The highest BCUT2D eigenvalue weighted by Gasteiger charge is 2.22. The van der Waals surface area contributed by atoms with Gasteiger partial charge in [0.1, 0.15) is 0 Å². The zero-order valence-corrected chi connectivity index (χ0v) is 12.7. The van der Waals surface area contributed by atoms with Gasteiger partial charge in [-0.05, 0) is 25.7 Å². The first-order valence-electron chi connectivity index (χ1n) is 7.41. The lowest BCUT2D eigenvalue weighted by atomic mass is 10.2. The third-order valence-electron chi connectivity index (χ3n) is 3.92. The summed E-state index contributed by atoms with van der Waals surface area (Å²) in [7, 11) is 0. The van der Waals surface area contributed by atoms with Crippen molar-refractivity contribution in [3.8, 4) is 0 Å². The third kappa shape index (κ3) is 3.49. The Hall–Kier alpha value is -1.28. The van der Waals surface area contributed by atoms with Gasteiger partial charge in [0.2, 0.25) is 5.91 Å². The molecular formula is C13H20N4O3S. The van der Waals surface area contributed by atoms with Crippen molar-refractivity contribution in [3.05, 3.63) is 10.5 Å². The molecule has 2 aliphatic rings. The molecule has 7 nitrogen and oxygen atoms in total. The molecule has 0 aromatic carbocycles. The van der Waals surface area contributed by atoms with Crippen LogP contribution in [0.1, 0.15) is 25.7 Å². The van der Waals surface area contributed by atoms with E-state index in [9.17, 15) is 9.59 Å². The zero-order valence-electron chi connectivity index (χ0n) is 11.9. The minimum absolute atomic E-state index is 0.0777. The summed E-state index contributed by atoms with van der Waals surface area (Å²) >= 11 is 1.32. The average Bonchev–Trinajstić information content (AvgIpc) is 3.21. The number of hydrogen-bond acceptors (Lipinski definition) is 5. The standard InChI is InChI=1S/C13H20N4O3S/c18-11(16-5-1-2-6-16)9-21-13-15-14-12(19)17(13)8-10-4-3-7-20-10/h10H,1-9H2,(H,14,19). The monoisotopic (exact) mass is 312 g/mol. The highest BCUT2D eigenvalue weighted by Crippen LogP contribution is 2.19. The van der Waals surface area contributed by atoms with Gasteiger partial charge in [0, 0.05) is 19.7 Å². The predicted molar refractivity (Wildman–Crippen MR) is 78.4 cm³/mol. The van der Waals surface area contributed by atoms with Crippen molar-refractivity contribution in [1.29, 1.82) is 0 Å². The molecule has 0 spiro atoms. The van der Waals surface area contributed by atoms with Crippen LogP contribution in [-0.4, -0.2) is 57.1 Å². The number of nitrogens with zero attached hydrogens (tertiary/aromatic N) is 3. The smallest absolute Gasteiger partial charge is 0.344 e. The summed E-state index contributed by atoms with van der Waals surface area (Å²) in [6.07, 6.45) is 4.25. The van der Waals surface area contributed by atoms with Crippen molar-refractivity contribution in [2.24, 2.45) is 0 Å². The topological polar surface area (TPSA) is 80.2 Å². The summed E-state index contributed by atoms with van der Waals surface area (Å²) in [6.45, 7) is 2.97. The van der Waals surface area contributed by atoms with Crippen molar-refractivity contribution >= 4 is 17.7 Å². The molecule has 1 aromatic heterocycles. The number of H-pyrrole nitrogens is 1. The van der Waals surface area contributed by atoms with Crippen molar-refractivity contribution in [2.45, 2.75) is 43.5 Å². The fourth-order valence-electron chi connectivity index (χ4n) is 2.75. The first-order valence-corrected chi connectivity index (χ1v) is 8.40. The Morgan fingerprint density at radius 3 is 2.90 bits per heavy atom. The van der Waals surface area contributed by atoms with Crippen LogP contribution < -0.4 is 5.69 Å². The Kier molecular flexibility index (Phi) is 4.64. The number of carbonyl (C=O) groups is 1. The first-order chi connectivity index (χ1) is 10.2. The molecule has 2 fully saturated rings. The number of carbonyl (C=O) groups excluding carboxylic acids is 1. The Labute approximate surface area is 127 Å². The maximum absolute atomic E-state index is 12.0. The third-order valence-corrected chi connectivity index (χ3v) is 4.88. The molecule has 0 bridgehead atoms. The van der Waals surface area contributed by atoms with E-state index in [1.807, 2.05) is 4.90 Å². The molecule has 1 N–H and O–H groups in total. The van der Waals surface area contributed by atoms with E-state index < -0.39 is 0 Å². The van der Waals surface area contributed by atoms with Crippen LogP contribution in [0, 0.1) is 0 Å². The van der Waals surface area contributed by atoms with Gasteiger partial charge in [-0.15, -0.1) is 5.10 Å². The lowest BCUT2D eigenvalue weighted by Gasteiger charge is -2.15. The molecule has 0 radical (unpaired) electrons. The van der Waals surface area contributed by atoms with Gasteiger partial charge in [-0.3, -0.25) is 9.36 Å². The van der Waals surface area contributed by atoms with E-state index in [1.165, 1.54) is 11.8 Å². The van der Waals surface area contributed by atoms with E-state index in [0.29, 0.717) is 17.5 Å². The van der Waals surface area contributed by atoms with Crippen molar-refractivity contribution in [3.63, 3.8) is 0 Å². The normalized spacial score (nSPS) is 22.1. The molecule has 1 unspecified atom stereocenters. The van der Waals surface area contributed by atoms with E-state index in [2.05, 4.69) is 10.2 Å². The fourth-order valence-corrected chi connectivity index (χ4v) is 3.61. The van der Waals surface area contributed by atoms with Crippen molar-refractivity contribution in [2.75, 3.05) is 25.4 Å². The van der Waals surface area contributed by atoms with E-state index in [0.717, 1.165) is 45.4 Å². The number of amides is 1. The van der Waals surface area contributed by atoms with Crippen LogP contribution in [0.25, 0.3) is 0 Å². The van der Waals surface area contributed by atoms with Crippen LogP contribution in [0.3, 0.4) is 0 Å². The fraction of sp³-hybridized carbons (Fsp3) is 0.769. The van der Waals surface area contributed by atoms with E-state index in [4.69, 9.17) is 4.74 Å². The van der Waals surface area contributed by atoms with Crippen LogP contribution >= 0.6 is 11.8 Å². The number of rotatable bonds is 5. The Bertz CT molecular complexity index is 544. The molecule has 8 heteroatoms. The van der Waals surface area contributed by atoms with Crippen LogP contribution in [0.4, 0.5) is 0 Å². The maximum atomic E-state index is 12.0. The van der Waals surface area contributed by atoms with Gasteiger partial charge in [0.15, 0.2) is 5.16 Å². The molecule has 3 heterocycles. The van der Waals surface area contributed by atoms with Gasteiger partial charge >= 0.3 is 5.69 Å². The number of aromatic amines is 1. The molecule has 1 atom stereocenters. The molecule has 2 saturated heterocycles. The largest absolute Gasteiger partial charge is 0.376 e. The number of likely N-dealkylation sites (tertiary alicyclic amines) is 1. The van der Waals surface area contributed by atoms with Crippen LogP contribution in [0.5, 0.6) is 0 Å². The second-order valence-corrected chi connectivity index (χ2v) is 6.38. The number of aromatic nitrogens is 3. The summed E-state index contributed by atoms with van der Waals surface area (Å²) in [4.78, 5) is 25.7. The van der Waals surface area contributed by atoms with Gasteiger partial charge in [-0.1, -0.05) is 11.8 Å². The van der Waals surface area contributed by atoms with Crippen LogP contribution in [-0.2, 0) is 16.1 Å². The minimum Gasteiger partial charge on any atom is -0.376 e. The Morgan fingerprint density at radius 1 is 1.38 bits per heavy atom. The van der Waals surface area contributed by atoms with Crippen molar-refractivity contribution in [1.82, 2.24) is 19.7 Å². The SMILES string of the molecule is O=C(CSc1n[nH]c(=O)n1CC1CCCO1)N1CCCC1. The van der Waals surface area contributed by atoms with Gasteiger partial charge < -0.3 is 9.64 Å². The second-order valence-electron chi connectivity index (χ2n) is 5.43. The van der Waals surface area contributed by atoms with E-state index in [1.54, 1.807) is 4.57 Å². The molecule has 1 amide bonds. The summed E-state index contributed by atoms with van der Waals surface area (Å²) in [5.74, 6) is 0.451. The van der Waals surface area contributed by atoms with E-state index >= 15 is 0 Å². The Morgan fingerprint density at radius 2 is 2.19 bits per heavy atom. The van der Waals surface area contributed by atoms with Crippen LogP contribution in [0.15, 0.2) is 9.95 Å². The summed E-state index contributed by atoms with van der Waals surface area (Å²) in [6, 6.07) is 0. The highest BCUT2D eigenvalue weighted by atomic mass is 32.2. The Balaban J connectivity index is 1.59. The number of thioether (sulfide) groups is 1. The van der Waals surface area contributed by atoms with Gasteiger partial charge in [0.25, 0.3) is 0 Å². The van der Waals surface area contributed by atoms with Crippen LogP contribution in [0.2, 0.25) is 0 Å². The number of hydrogen-bond donors (Lipinski definition) is 1. The zero-order chi connectivity index (χ0) is 14.7. The molecule has 0 aliphatic carbocycles.